The summed E-state index contributed by atoms with van der Waals surface area (Å²) in [5.74, 6) is -0.876. The van der Waals surface area contributed by atoms with Crippen molar-refractivity contribution in [3.05, 3.63) is 70.5 Å². The lowest BCUT2D eigenvalue weighted by molar-refractivity contribution is -0.124. The van der Waals surface area contributed by atoms with Crippen LogP contribution in [0.4, 0.5) is 5.69 Å². The number of hydrogen-bond donors (Lipinski definition) is 1. The van der Waals surface area contributed by atoms with Gasteiger partial charge in [-0.05, 0) is 56.6 Å². The Hall–Kier alpha value is -2.84. The molecule has 7 nitrogen and oxygen atoms in total. The predicted octanol–water partition coefficient (Wildman–Crippen LogP) is 3.89. The van der Waals surface area contributed by atoms with Crippen LogP contribution in [-0.2, 0) is 4.79 Å². The zero-order valence-corrected chi connectivity index (χ0v) is 17.7. The number of rotatable bonds is 5. The van der Waals surface area contributed by atoms with E-state index in [4.69, 9.17) is 11.6 Å². The summed E-state index contributed by atoms with van der Waals surface area (Å²) in [7, 11) is 0. The number of carbonyl (C=O) groups excluding carboxylic acids is 2. The Balaban J connectivity index is 2.18. The molecule has 0 spiro atoms. The van der Waals surface area contributed by atoms with Gasteiger partial charge in [0.2, 0.25) is 5.91 Å². The number of pyridine rings is 1. The lowest BCUT2D eigenvalue weighted by Crippen LogP contribution is -2.50. The summed E-state index contributed by atoms with van der Waals surface area (Å²) in [6.07, 6.45) is 1.58. The molecule has 2 amide bonds. The molecule has 0 aliphatic heterocycles. The van der Waals surface area contributed by atoms with E-state index in [-0.39, 0.29) is 11.6 Å². The van der Waals surface area contributed by atoms with Crippen molar-refractivity contribution in [2.24, 2.45) is 0 Å². The summed E-state index contributed by atoms with van der Waals surface area (Å²) in [4.78, 5) is 32.4. The Bertz CT molecular complexity index is 990. The molecule has 0 bridgehead atoms. The topological polar surface area (TPSA) is 88.1 Å². The first-order valence-corrected chi connectivity index (χ1v) is 10.1. The number of nitrogens with zero attached hydrogens (tertiary/aromatic N) is 4. The highest BCUT2D eigenvalue weighted by Gasteiger charge is 2.37. The van der Waals surface area contributed by atoms with Gasteiger partial charge in [0.05, 0.1) is 16.4 Å². The molecule has 0 radical (unpaired) electrons. The second kappa shape index (κ2) is 8.67. The SMILES string of the molecule is CC(C)(C)NC(=O)[C@@H](c1ccccn1)N(C(=O)c1csnn1)c1ccccc1Cl. The molecule has 0 aliphatic rings. The van der Waals surface area contributed by atoms with Gasteiger partial charge < -0.3 is 5.32 Å². The van der Waals surface area contributed by atoms with Crippen LogP contribution < -0.4 is 10.2 Å². The first-order chi connectivity index (χ1) is 13.8. The van der Waals surface area contributed by atoms with Crippen LogP contribution in [0, 0.1) is 0 Å². The van der Waals surface area contributed by atoms with Gasteiger partial charge in [0.25, 0.3) is 5.91 Å². The molecule has 29 heavy (non-hydrogen) atoms. The number of amides is 2. The number of benzene rings is 1. The van der Waals surface area contributed by atoms with Crippen LogP contribution in [0.5, 0.6) is 0 Å². The first kappa shape index (κ1) is 20.9. The maximum Gasteiger partial charge on any atom is 0.280 e. The normalized spacial score (nSPS) is 12.3. The van der Waals surface area contributed by atoms with Gasteiger partial charge in [-0.25, -0.2) is 0 Å². The lowest BCUT2D eigenvalue weighted by Gasteiger charge is -2.33. The molecule has 0 unspecified atom stereocenters. The predicted molar refractivity (Wildman–Crippen MR) is 113 cm³/mol. The quantitative estimate of drug-likeness (QED) is 0.664. The van der Waals surface area contributed by atoms with E-state index in [0.29, 0.717) is 16.4 Å². The fourth-order valence-corrected chi connectivity index (χ4v) is 3.41. The molecule has 9 heteroatoms. The molecule has 2 aromatic heterocycles. The van der Waals surface area contributed by atoms with Crippen LogP contribution >= 0.6 is 23.1 Å². The van der Waals surface area contributed by atoms with E-state index >= 15 is 0 Å². The minimum atomic E-state index is -1.05. The van der Waals surface area contributed by atoms with Crippen molar-refractivity contribution >= 4 is 40.6 Å². The molecule has 1 aromatic carbocycles. The number of carbonyl (C=O) groups is 2. The van der Waals surface area contributed by atoms with E-state index in [9.17, 15) is 9.59 Å². The number of hydrogen-bond acceptors (Lipinski definition) is 6. The van der Waals surface area contributed by atoms with Gasteiger partial charge in [0.15, 0.2) is 11.7 Å². The summed E-state index contributed by atoms with van der Waals surface area (Å²) in [6.45, 7) is 5.60. The van der Waals surface area contributed by atoms with Crippen LogP contribution in [-0.4, -0.2) is 31.9 Å². The third-order valence-electron chi connectivity index (χ3n) is 3.88. The average molecular weight is 430 g/mol. The molecule has 0 aliphatic carbocycles. The molecule has 1 atom stereocenters. The summed E-state index contributed by atoms with van der Waals surface area (Å²) in [6, 6.07) is 11.0. The second-order valence-corrected chi connectivity index (χ2v) is 8.33. The van der Waals surface area contributed by atoms with Crippen molar-refractivity contribution in [1.29, 1.82) is 0 Å². The highest BCUT2D eigenvalue weighted by atomic mass is 35.5. The second-order valence-electron chi connectivity index (χ2n) is 7.31. The fourth-order valence-electron chi connectivity index (χ4n) is 2.75. The van der Waals surface area contributed by atoms with Crippen LogP contribution in [0.2, 0.25) is 5.02 Å². The maximum absolute atomic E-state index is 13.4. The van der Waals surface area contributed by atoms with Crippen molar-refractivity contribution < 1.29 is 9.59 Å². The number of aromatic nitrogens is 3. The lowest BCUT2D eigenvalue weighted by atomic mass is 10.0. The highest BCUT2D eigenvalue weighted by molar-refractivity contribution is 7.03. The summed E-state index contributed by atoms with van der Waals surface area (Å²) in [5.41, 5.74) is 0.401. The molecule has 0 fully saturated rings. The van der Waals surface area contributed by atoms with E-state index in [1.165, 1.54) is 10.3 Å². The largest absolute Gasteiger partial charge is 0.349 e. The Morgan fingerprint density at radius 3 is 2.45 bits per heavy atom. The number of anilines is 1. The molecular weight excluding hydrogens is 410 g/mol. The average Bonchev–Trinajstić information content (AvgIpc) is 3.20. The molecule has 0 saturated heterocycles. The van der Waals surface area contributed by atoms with Gasteiger partial charge in [-0.3, -0.25) is 19.5 Å². The fraction of sp³-hybridized carbons (Fsp3) is 0.250. The van der Waals surface area contributed by atoms with Crippen LogP contribution in [0.1, 0.15) is 43.0 Å². The smallest absolute Gasteiger partial charge is 0.280 e. The maximum atomic E-state index is 13.4. The van der Waals surface area contributed by atoms with E-state index < -0.39 is 17.5 Å². The minimum absolute atomic E-state index is 0.124. The van der Waals surface area contributed by atoms with Crippen LogP contribution in [0.15, 0.2) is 54.0 Å². The van der Waals surface area contributed by atoms with Crippen molar-refractivity contribution in [3.8, 4) is 0 Å². The van der Waals surface area contributed by atoms with Gasteiger partial charge in [-0.1, -0.05) is 34.3 Å². The Morgan fingerprint density at radius 2 is 1.86 bits per heavy atom. The van der Waals surface area contributed by atoms with Gasteiger partial charge in [0, 0.05) is 17.1 Å². The molecule has 150 valence electrons. The first-order valence-electron chi connectivity index (χ1n) is 8.86. The Labute approximate surface area is 177 Å². The summed E-state index contributed by atoms with van der Waals surface area (Å²) >= 11 is 7.47. The van der Waals surface area contributed by atoms with Gasteiger partial charge in [-0.15, -0.1) is 5.10 Å². The minimum Gasteiger partial charge on any atom is -0.349 e. The number of para-hydroxylation sites is 1. The van der Waals surface area contributed by atoms with Crippen molar-refractivity contribution in [1.82, 2.24) is 19.9 Å². The Kier molecular flexibility index (Phi) is 6.24. The standard InChI is InChI=1S/C20H20ClN5O2S/c1-20(2,3)23-18(27)17(14-9-6-7-11-22-14)26(16-10-5-4-8-13(16)21)19(28)15-12-29-25-24-15/h4-12,17H,1-3H3,(H,23,27)/t17-/m1/s1. The van der Waals surface area contributed by atoms with Crippen LogP contribution in [0.3, 0.4) is 0 Å². The molecule has 3 aromatic rings. The summed E-state index contributed by atoms with van der Waals surface area (Å²) in [5, 5.41) is 8.68. The number of nitrogens with one attached hydrogen (secondary N) is 1. The molecule has 0 saturated carbocycles. The molecule has 2 heterocycles. The Morgan fingerprint density at radius 1 is 1.14 bits per heavy atom. The van der Waals surface area contributed by atoms with E-state index in [1.54, 1.807) is 48.7 Å². The molecule has 1 N–H and O–H groups in total. The van der Waals surface area contributed by atoms with E-state index in [2.05, 4.69) is 19.9 Å². The van der Waals surface area contributed by atoms with Crippen molar-refractivity contribution in [3.63, 3.8) is 0 Å². The van der Waals surface area contributed by atoms with E-state index in [0.717, 1.165) is 11.5 Å². The highest BCUT2D eigenvalue weighted by Crippen LogP contribution is 2.34. The van der Waals surface area contributed by atoms with Crippen molar-refractivity contribution in [2.45, 2.75) is 32.4 Å². The third kappa shape index (κ3) is 4.96. The molecular formula is C20H20ClN5O2S. The van der Waals surface area contributed by atoms with E-state index in [1.807, 2.05) is 20.8 Å². The summed E-state index contributed by atoms with van der Waals surface area (Å²) < 4.78 is 3.77. The van der Waals surface area contributed by atoms with Crippen molar-refractivity contribution in [2.75, 3.05) is 4.90 Å². The monoisotopic (exact) mass is 429 g/mol. The van der Waals surface area contributed by atoms with Gasteiger partial charge >= 0.3 is 0 Å². The van der Waals surface area contributed by atoms with Gasteiger partial charge in [-0.2, -0.15) is 0 Å². The molecule has 3 rings (SSSR count). The zero-order valence-electron chi connectivity index (χ0n) is 16.2. The zero-order chi connectivity index (χ0) is 21.0. The van der Waals surface area contributed by atoms with Gasteiger partial charge in [0.1, 0.15) is 0 Å². The third-order valence-corrected chi connectivity index (χ3v) is 4.71. The van der Waals surface area contributed by atoms with Crippen LogP contribution in [0.25, 0.3) is 0 Å². The number of halogens is 1.